The van der Waals surface area contributed by atoms with Crippen LogP contribution in [0.25, 0.3) is 11.2 Å². The van der Waals surface area contributed by atoms with Crippen LogP contribution in [-0.2, 0) is 6.54 Å². The monoisotopic (exact) mass is 308 g/mol. The molecule has 116 valence electrons. The fourth-order valence-electron chi connectivity index (χ4n) is 2.20. The lowest BCUT2D eigenvalue weighted by Gasteiger charge is -2.08. The molecular formula is C16H16N6O. The quantitative estimate of drug-likeness (QED) is 0.711. The largest absolute Gasteiger partial charge is 0.379 e. The van der Waals surface area contributed by atoms with Crippen molar-refractivity contribution in [1.82, 2.24) is 19.9 Å². The Morgan fingerprint density at radius 1 is 1.17 bits per heavy atom. The first-order chi connectivity index (χ1) is 11.0. The van der Waals surface area contributed by atoms with Crippen molar-refractivity contribution in [2.75, 3.05) is 11.1 Å². The number of hydrogen-bond donors (Lipinski definition) is 2. The minimum absolute atomic E-state index is 0.0479. The van der Waals surface area contributed by atoms with Crippen LogP contribution in [0, 0.1) is 6.92 Å². The topological polar surface area (TPSA) is 107 Å². The molecule has 0 aliphatic carbocycles. The van der Waals surface area contributed by atoms with Crippen molar-refractivity contribution < 1.29 is 4.79 Å². The number of nitrogens with one attached hydrogen (secondary N) is 1. The maximum atomic E-state index is 11.3. The molecule has 0 spiro atoms. The number of nitrogen functional groups attached to an aromatic ring is 1. The van der Waals surface area contributed by atoms with Crippen molar-refractivity contribution in [3.05, 3.63) is 47.4 Å². The van der Waals surface area contributed by atoms with Gasteiger partial charge in [-0.15, -0.1) is 0 Å². The van der Waals surface area contributed by atoms with E-state index < -0.39 is 0 Å². The van der Waals surface area contributed by atoms with Gasteiger partial charge >= 0.3 is 0 Å². The molecule has 0 bridgehead atoms. The van der Waals surface area contributed by atoms with Crippen molar-refractivity contribution in [2.24, 2.45) is 0 Å². The van der Waals surface area contributed by atoms with E-state index >= 15 is 0 Å². The summed E-state index contributed by atoms with van der Waals surface area (Å²) in [6.45, 7) is 3.88. The minimum atomic E-state index is 0.0479. The number of nitrogens with two attached hydrogens (primary N) is 1. The number of hydrogen-bond acceptors (Lipinski definition) is 7. The Kier molecular flexibility index (Phi) is 3.84. The molecule has 3 rings (SSSR count). The molecule has 23 heavy (non-hydrogen) atoms. The van der Waals surface area contributed by atoms with Gasteiger partial charge in [-0.1, -0.05) is 0 Å². The molecule has 0 unspecified atom stereocenters. The molecule has 7 heteroatoms. The zero-order chi connectivity index (χ0) is 16.4. The second kappa shape index (κ2) is 5.96. The lowest BCUT2D eigenvalue weighted by atomic mass is 10.1. The van der Waals surface area contributed by atoms with Gasteiger partial charge in [-0.2, -0.15) is 4.98 Å². The van der Waals surface area contributed by atoms with Gasteiger partial charge in [0.2, 0.25) is 5.95 Å². The predicted octanol–water partition coefficient (Wildman–Crippen LogP) is 2.13. The van der Waals surface area contributed by atoms with Gasteiger partial charge in [0.1, 0.15) is 5.52 Å². The second-order valence-electron chi connectivity index (χ2n) is 5.19. The van der Waals surface area contributed by atoms with E-state index in [4.69, 9.17) is 5.73 Å². The number of ketones is 1. The van der Waals surface area contributed by atoms with Gasteiger partial charge in [0.15, 0.2) is 11.4 Å². The molecule has 2 aromatic heterocycles. The highest BCUT2D eigenvalue weighted by Crippen LogP contribution is 2.14. The molecule has 0 radical (unpaired) electrons. The summed E-state index contributed by atoms with van der Waals surface area (Å²) in [5, 5.41) is 3.24. The zero-order valence-electron chi connectivity index (χ0n) is 12.9. The van der Waals surface area contributed by atoms with Crippen LogP contribution >= 0.6 is 0 Å². The summed E-state index contributed by atoms with van der Waals surface area (Å²) in [6.07, 6.45) is 1.66. The summed E-state index contributed by atoms with van der Waals surface area (Å²) in [5.74, 6) is 0.243. The third-order valence-electron chi connectivity index (χ3n) is 3.41. The lowest BCUT2D eigenvalue weighted by Crippen LogP contribution is -2.06. The van der Waals surface area contributed by atoms with E-state index in [1.165, 1.54) is 0 Å². The average molecular weight is 308 g/mol. The Morgan fingerprint density at radius 2 is 1.91 bits per heavy atom. The molecule has 0 saturated heterocycles. The maximum Gasteiger partial charge on any atom is 0.222 e. The summed E-state index contributed by atoms with van der Waals surface area (Å²) in [6, 6.07) is 7.30. The molecule has 3 N–H and O–H groups in total. The van der Waals surface area contributed by atoms with Crippen molar-refractivity contribution in [1.29, 1.82) is 0 Å². The summed E-state index contributed by atoms with van der Waals surface area (Å²) < 4.78 is 0. The number of aromatic nitrogens is 4. The summed E-state index contributed by atoms with van der Waals surface area (Å²) >= 11 is 0. The Labute approximate surface area is 133 Å². The molecule has 2 heterocycles. The summed E-state index contributed by atoms with van der Waals surface area (Å²) in [5.41, 5.74) is 9.80. The van der Waals surface area contributed by atoms with Gasteiger partial charge < -0.3 is 11.1 Å². The van der Waals surface area contributed by atoms with E-state index in [2.05, 4.69) is 25.3 Å². The van der Waals surface area contributed by atoms with Crippen LogP contribution in [0.1, 0.15) is 28.7 Å². The van der Waals surface area contributed by atoms with Crippen LogP contribution in [0.15, 0.2) is 30.5 Å². The highest BCUT2D eigenvalue weighted by atomic mass is 16.1. The molecule has 3 aromatic rings. The smallest absolute Gasteiger partial charge is 0.222 e. The highest BCUT2D eigenvalue weighted by Gasteiger charge is 2.07. The fourth-order valence-corrected chi connectivity index (χ4v) is 2.20. The van der Waals surface area contributed by atoms with Crippen molar-refractivity contribution >= 4 is 28.6 Å². The number of aryl methyl sites for hydroxylation is 1. The molecule has 0 amide bonds. The number of Topliss-reactive ketones (excluding diaryl/α,β-unsaturated/α-hetero) is 1. The van der Waals surface area contributed by atoms with Gasteiger partial charge in [-0.25, -0.2) is 15.0 Å². The summed E-state index contributed by atoms with van der Waals surface area (Å²) in [4.78, 5) is 28.2. The van der Waals surface area contributed by atoms with Gasteiger partial charge in [-0.05, 0) is 38.1 Å². The number of benzene rings is 1. The Balaban J connectivity index is 1.78. The molecule has 0 fully saturated rings. The van der Waals surface area contributed by atoms with E-state index in [9.17, 15) is 4.79 Å². The number of carbonyl (C=O) groups excluding carboxylic acids is 1. The number of rotatable bonds is 4. The van der Waals surface area contributed by atoms with E-state index in [-0.39, 0.29) is 11.7 Å². The van der Waals surface area contributed by atoms with Crippen LogP contribution in [0.4, 0.5) is 11.6 Å². The van der Waals surface area contributed by atoms with Crippen molar-refractivity contribution in [2.45, 2.75) is 20.4 Å². The van der Waals surface area contributed by atoms with Crippen LogP contribution < -0.4 is 11.1 Å². The van der Waals surface area contributed by atoms with Crippen LogP contribution in [0.2, 0.25) is 0 Å². The molecule has 0 aliphatic rings. The Morgan fingerprint density at radius 3 is 2.61 bits per heavy atom. The van der Waals surface area contributed by atoms with E-state index in [1.807, 2.05) is 19.1 Å². The van der Waals surface area contributed by atoms with Crippen molar-refractivity contribution in [3.63, 3.8) is 0 Å². The van der Waals surface area contributed by atoms with Gasteiger partial charge in [-0.3, -0.25) is 4.79 Å². The third kappa shape index (κ3) is 3.23. The Bertz CT molecular complexity index is 876. The fraction of sp³-hybridized carbons (Fsp3) is 0.188. The van der Waals surface area contributed by atoms with Gasteiger partial charge in [0.25, 0.3) is 0 Å². The van der Waals surface area contributed by atoms with E-state index in [1.54, 1.807) is 25.3 Å². The SMILES string of the molecule is CC(=O)c1ccc(NCc2cnc3nc(N)nc(C)c3n2)cc1. The number of anilines is 2. The standard InChI is InChI=1S/C16H16N6O/c1-9-14-15(22-16(17)20-9)19-8-13(21-14)7-18-12-5-3-11(4-6-12)10(2)23/h3-6,8,18H,7H2,1-2H3,(H2,17,19,20,22). The second-order valence-corrected chi connectivity index (χ2v) is 5.19. The first-order valence-electron chi connectivity index (χ1n) is 7.13. The van der Waals surface area contributed by atoms with Gasteiger partial charge in [0.05, 0.1) is 24.1 Å². The molecule has 0 atom stereocenters. The maximum absolute atomic E-state index is 11.3. The van der Waals surface area contributed by atoms with Crippen LogP contribution in [0.3, 0.4) is 0 Å². The zero-order valence-corrected chi connectivity index (χ0v) is 12.9. The third-order valence-corrected chi connectivity index (χ3v) is 3.41. The summed E-state index contributed by atoms with van der Waals surface area (Å²) in [7, 11) is 0. The predicted molar refractivity (Wildman–Crippen MR) is 88.1 cm³/mol. The molecule has 1 aromatic carbocycles. The van der Waals surface area contributed by atoms with Crippen molar-refractivity contribution in [3.8, 4) is 0 Å². The number of nitrogens with zero attached hydrogens (tertiary/aromatic N) is 4. The van der Waals surface area contributed by atoms with Crippen LogP contribution in [-0.4, -0.2) is 25.7 Å². The highest BCUT2D eigenvalue weighted by molar-refractivity contribution is 5.94. The molecule has 7 nitrogen and oxygen atoms in total. The molecular weight excluding hydrogens is 292 g/mol. The van der Waals surface area contributed by atoms with Gasteiger partial charge in [0, 0.05) is 11.3 Å². The van der Waals surface area contributed by atoms with Crippen LogP contribution in [0.5, 0.6) is 0 Å². The first kappa shape index (κ1) is 14.8. The minimum Gasteiger partial charge on any atom is -0.379 e. The normalized spacial score (nSPS) is 10.7. The Hall–Kier alpha value is -3.09. The van der Waals surface area contributed by atoms with E-state index in [0.717, 1.165) is 11.4 Å². The van der Waals surface area contributed by atoms with E-state index in [0.29, 0.717) is 29.0 Å². The number of fused-ring (bicyclic) bond motifs is 1. The molecule has 0 aliphatic heterocycles. The first-order valence-corrected chi connectivity index (χ1v) is 7.13. The lowest BCUT2D eigenvalue weighted by molar-refractivity contribution is 0.101. The molecule has 0 saturated carbocycles. The number of carbonyl (C=O) groups is 1. The average Bonchev–Trinajstić information content (AvgIpc) is 2.53.